The van der Waals surface area contributed by atoms with Crippen molar-refractivity contribution < 1.29 is 23.4 Å². The van der Waals surface area contributed by atoms with Crippen LogP contribution < -0.4 is 4.74 Å². The Morgan fingerprint density at radius 2 is 2.40 bits per heavy atom. The van der Waals surface area contributed by atoms with Crippen molar-refractivity contribution in [2.24, 2.45) is 0 Å². The Bertz CT molecular complexity index is 455. The summed E-state index contributed by atoms with van der Waals surface area (Å²) in [6.45, 7) is 2.38. The lowest BCUT2D eigenvalue weighted by Crippen LogP contribution is -2.46. The van der Waals surface area contributed by atoms with Gasteiger partial charge < -0.3 is 14.2 Å². The lowest BCUT2D eigenvalue weighted by atomic mass is 10.3. The molecule has 1 atom stereocenters. The molecule has 6 heteroatoms. The highest BCUT2D eigenvalue weighted by atomic mass is 19.1. The van der Waals surface area contributed by atoms with E-state index < -0.39 is 0 Å². The molecule has 1 aromatic rings. The summed E-state index contributed by atoms with van der Waals surface area (Å²) in [5.74, 6) is -0.130. The van der Waals surface area contributed by atoms with E-state index in [-0.39, 0.29) is 24.4 Å². The van der Waals surface area contributed by atoms with Crippen LogP contribution in [0.5, 0.6) is 5.75 Å². The van der Waals surface area contributed by atoms with Gasteiger partial charge in [-0.25, -0.2) is 4.39 Å². The first-order chi connectivity index (χ1) is 9.67. The first kappa shape index (κ1) is 14.7. The lowest BCUT2D eigenvalue weighted by Gasteiger charge is -2.31. The molecule has 0 aromatic heterocycles. The zero-order valence-electron chi connectivity index (χ0n) is 11.4. The number of carbonyl (C=O) groups excluding carboxylic acids is 1. The van der Waals surface area contributed by atoms with Crippen molar-refractivity contribution >= 4 is 5.97 Å². The molecule has 0 aliphatic carbocycles. The highest BCUT2D eigenvalue weighted by Crippen LogP contribution is 2.14. The molecule has 0 N–H and O–H groups in total. The van der Waals surface area contributed by atoms with Crippen LogP contribution in [0.2, 0.25) is 0 Å². The second-order valence-corrected chi connectivity index (χ2v) is 4.57. The summed E-state index contributed by atoms with van der Waals surface area (Å²) < 4.78 is 28.7. The van der Waals surface area contributed by atoms with Gasteiger partial charge in [0.05, 0.1) is 20.3 Å². The predicted octanol–water partition coefficient (Wildman–Crippen LogP) is 1.08. The summed E-state index contributed by atoms with van der Waals surface area (Å²) in [5, 5.41) is 0. The van der Waals surface area contributed by atoms with E-state index in [0.29, 0.717) is 32.1 Å². The maximum Gasteiger partial charge on any atom is 0.319 e. The summed E-state index contributed by atoms with van der Waals surface area (Å²) in [6, 6.07) is 5.98. The normalized spacial score (nSPS) is 19.6. The number of hydrogen-bond donors (Lipinski definition) is 0. The van der Waals surface area contributed by atoms with Gasteiger partial charge in [-0.05, 0) is 12.1 Å². The van der Waals surface area contributed by atoms with E-state index in [9.17, 15) is 9.18 Å². The molecule has 1 aliphatic rings. The number of carbonyl (C=O) groups is 1. The number of morpholine rings is 1. The van der Waals surface area contributed by atoms with Crippen LogP contribution in [0, 0.1) is 5.82 Å². The van der Waals surface area contributed by atoms with Crippen molar-refractivity contribution in [2.45, 2.75) is 6.10 Å². The number of halogens is 1. The van der Waals surface area contributed by atoms with E-state index in [1.807, 2.05) is 4.90 Å². The zero-order valence-corrected chi connectivity index (χ0v) is 11.4. The molecule has 0 amide bonds. The number of methoxy groups -OCH3 is 1. The van der Waals surface area contributed by atoms with E-state index in [2.05, 4.69) is 4.74 Å². The molecule has 0 unspecified atom stereocenters. The van der Waals surface area contributed by atoms with E-state index in [1.54, 1.807) is 12.1 Å². The van der Waals surface area contributed by atoms with E-state index >= 15 is 0 Å². The maximum atomic E-state index is 13.0. The lowest BCUT2D eigenvalue weighted by molar-refractivity contribution is -0.144. The minimum atomic E-state index is -0.334. The summed E-state index contributed by atoms with van der Waals surface area (Å²) in [4.78, 5) is 13.2. The molecule has 1 saturated heterocycles. The van der Waals surface area contributed by atoms with Gasteiger partial charge in [0.15, 0.2) is 0 Å². The zero-order chi connectivity index (χ0) is 14.4. The van der Waals surface area contributed by atoms with E-state index in [4.69, 9.17) is 9.47 Å². The molecular formula is C14H18FNO4. The van der Waals surface area contributed by atoms with Crippen LogP contribution in [0.25, 0.3) is 0 Å². The van der Waals surface area contributed by atoms with E-state index in [1.165, 1.54) is 19.2 Å². The first-order valence-corrected chi connectivity index (χ1v) is 6.46. The summed E-state index contributed by atoms with van der Waals surface area (Å²) in [5.41, 5.74) is 0. The molecule has 1 fully saturated rings. The van der Waals surface area contributed by atoms with Crippen molar-refractivity contribution in [3.8, 4) is 5.75 Å². The minimum Gasteiger partial charge on any atom is -0.491 e. The second kappa shape index (κ2) is 7.21. The van der Waals surface area contributed by atoms with Crippen LogP contribution in [0.15, 0.2) is 24.3 Å². The number of benzene rings is 1. The Hall–Kier alpha value is -1.66. The molecule has 2 rings (SSSR count). The molecular weight excluding hydrogens is 265 g/mol. The largest absolute Gasteiger partial charge is 0.491 e. The van der Waals surface area contributed by atoms with Gasteiger partial charge in [-0.2, -0.15) is 0 Å². The van der Waals surface area contributed by atoms with Crippen molar-refractivity contribution in [3.05, 3.63) is 30.1 Å². The molecule has 1 aliphatic heterocycles. The average Bonchev–Trinajstić information content (AvgIpc) is 2.45. The molecule has 5 nitrogen and oxygen atoms in total. The van der Waals surface area contributed by atoms with Crippen LogP contribution in [0.1, 0.15) is 0 Å². The van der Waals surface area contributed by atoms with Gasteiger partial charge in [0.2, 0.25) is 0 Å². The SMILES string of the molecule is COC(=O)CN1CCO[C@@H](COc2cccc(F)c2)C1. The number of hydrogen-bond acceptors (Lipinski definition) is 5. The van der Waals surface area contributed by atoms with Gasteiger partial charge in [0.1, 0.15) is 24.3 Å². The summed E-state index contributed by atoms with van der Waals surface area (Å²) in [7, 11) is 1.37. The molecule has 0 bridgehead atoms. The van der Waals surface area contributed by atoms with Crippen molar-refractivity contribution in [2.75, 3.05) is 40.0 Å². The molecule has 1 aromatic carbocycles. The minimum absolute atomic E-state index is 0.142. The summed E-state index contributed by atoms with van der Waals surface area (Å²) >= 11 is 0. The van der Waals surface area contributed by atoms with Crippen LogP contribution in [0.4, 0.5) is 4.39 Å². The molecule has 0 saturated carbocycles. The first-order valence-electron chi connectivity index (χ1n) is 6.46. The number of ether oxygens (including phenoxy) is 3. The Morgan fingerprint density at radius 3 is 3.15 bits per heavy atom. The standard InChI is InChI=1S/C14H18FNO4/c1-18-14(17)9-16-5-6-19-13(8-16)10-20-12-4-2-3-11(15)7-12/h2-4,7,13H,5-6,8-10H2,1H3/t13-/m1/s1. The van der Waals surface area contributed by atoms with Crippen LogP contribution in [-0.4, -0.2) is 56.9 Å². The monoisotopic (exact) mass is 283 g/mol. The second-order valence-electron chi connectivity index (χ2n) is 4.57. The third-order valence-electron chi connectivity index (χ3n) is 3.04. The van der Waals surface area contributed by atoms with Gasteiger partial charge in [0.25, 0.3) is 0 Å². The average molecular weight is 283 g/mol. The number of rotatable bonds is 5. The van der Waals surface area contributed by atoms with Crippen molar-refractivity contribution in [1.29, 1.82) is 0 Å². The quantitative estimate of drug-likeness (QED) is 0.757. The fourth-order valence-electron chi connectivity index (χ4n) is 2.02. The molecule has 0 radical (unpaired) electrons. The summed E-state index contributed by atoms with van der Waals surface area (Å²) in [6.07, 6.45) is -0.142. The smallest absolute Gasteiger partial charge is 0.319 e. The highest BCUT2D eigenvalue weighted by Gasteiger charge is 2.22. The van der Waals surface area contributed by atoms with Gasteiger partial charge >= 0.3 is 5.97 Å². The van der Waals surface area contributed by atoms with Gasteiger partial charge in [-0.3, -0.25) is 9.69 Å². The topological polar surface area (TPSA) is 48.0 Å². The Kier molecular flexibility index (Phi) is 5.31. The van der Waals surface area contributed by atoms with Crippen LogP contribution >= 0.6 is 0 Å². The van der Waals surface area contributed by atoms with Gasteiger partial charge in [-0.1, -0.05) is 6.07 Å². The number of nitrogens with zero attached hydrogens (tertiary/aromatic N) is 1. The third kappa shape index (κ3) is 4.47. The fraction of sp³-hybridized carbons (Fsp3) is 0.500. The van der Waals surface area contributed by atoms with Gasteiger partial charge in [-0.15, -0.1) is 0 Å². The maximum absolute atomic E-state index is 13.0. The molecule has 0 spiro atoms. The molecule has 1 heterocycles. The molecule has 20 heavy (non-hydrogen) atoms. The Labute approximate surface area is 117 Å². The van der Waals surface area contributed by atoms with Crippen LogP contribution in [0.3, 0.4) is 0 Å². The third-order valence-corrected chi connectivity index (χ3v) is 3.04. The van der Waals surface area contributed by atoms with Crippen molar-refractivity contribution in [3.63, 3.8) is 0 Å². The fourth-order valence-corrected chi connectivity index (χ4v) is 2.02. The Morgan fingerprint density at radius 1 is 1.55 bits per heavy atom. The van der Waals surface area contributed by atoms with Crippen molar-refractivity contribution in [1.82, 2.24) is 4.90 Å². The van der Waals surface area contributed by atoms with Gasteiger partial charge in [0, 0.05) is 19.2 Å². The van der Waals surface area contributed by atoms with E-state index in [0.717, 1.165) is 0 Å². The number of esters is 1. The highest BCUT2D eigenvalue weighted by molar-refractivity contribution is 5.71. The molecule has 110 valence electrons. The predicted molar refractivity (Wildman–Crippen MR) is 70.1 cm³/mol. The Balaban J connectivity index is 1.79. The van der Waals surface area contributed by atoms with Crippen LogP contribution in [-0.2, 0) is 14.3 Å².